The molecule has 0 unspecified atom stereocenters. The van der Waals surface area contributed by atoms with Crippen LogP contribution in [0.3, 0.4) is 0 Å². The number of rotatable bonds is 4. The van der Waals surface area contributed by atoms with E-state index in [-0.39, 0.29) is 0 Å². The Morgan fingerprint density at radius 1 is 0.955 bits per heavy atom. The maximum atomic E-state index is 5.95. The first-order valence-corrected chi connectivity index (χ1v) is 6.93. The molecule has 0 saturated heterocycles. The number of benzene rings is 2. The van der Waals surface area contributed by atoms with Gasteiger partial charge in [-0.2, -0.15) is 0 Å². The molecule has 3 rings (SSSR count). The zero-order chi connectivity index (χ0) is 15.4. The van der Waals surface area contributed by atoms with E-state index < -0.39 is 0 Å². The topological polar surface area (TPSA) is 63.8 Å². The van der Waals surface area contributed by atoms with Gasteiger partial charge in [0.15, 0.2) is 5.82 Å². The second-order valence-electron chi connectivity index (χ2n) is 4.82. The van der Waals surface area contributed by atoms with Crippen LogP contribution in [0, 0.1) is 0 Å². The van der Waals surface area contributed by atoms with Gasteiger partial charge in [0, 0.05) is 11.3 Å². The minimum atomic E-state index is 0.355. The van der Waals surface area contributed by atoms with Crippen molar-refractivity contribution in [2.45, 2.75) is 0 Å². The van der Waals surface area contributed by atoms with Crippen molar-refractivity contribution in [1.29, 1.82) is 0 Å². The number of nitrogen functional groups attached to an aromatic ring is 1. The van der Waals surface area contributed by atoms with Crippen LogP contribution >= 0.6 is 0 Å². The van der Waals surface area contributed by atoms with E-state index in [4.69, 9.17) is 5.73 Å². The Morgan fingerprint density at radius 3 is 2.27 bits per heavy atom. The van der Waals surface area contributed by atoms with Crippen LogP contribution in [-0.2, 0) is 0 Å². The average molecular weight is 288 g/mol. The molecule has 4 heteroatoms. The molecule has 0 radical (unpaired) electrons. The van der Waals surface area contributed by atoms with Gasteiger partial charge in [-0.25, -0.2) is 9.97 Å². The second kappa shape index (κ2) is 6.10. The molecule has 0 aliphatic carbocycles. The summed E-state index contributed by atoms with van der Waals surface area (Å²) in [6.45, 7) is 4.02. The van der Waals surface area contributed by atoms with Crippen LogP contribution in [0.4, 0.5) is 11.5 Å². The molecule has 4 nitrogen and oxygen atoms in total. The smallest absolute Gasteiger partial charge is 0.151 e. The lowest BCUT2D eigenvalue weighted by Crippen LogP contribution is -2.06. The Morgan fingerprint density at radius 2 is 1.59 bits per heavy atom. The second-order valence-corrected chi connectivity index (χ2v) is 4.82. The average Bonchev–Trinajstić information content (AvgIpc) is 2.57. The molecule has 1 heterocycles. The van der Waals surface area contributed by atoms with Crippen molar-refractivity contribution in [3.8, 4) is 11.3 Å². The molecule has 0 amide bonds. The van der Waals surface area contributed by atoms with Crippen molar-refractivity contribution in [1.82, 2.24) is 9.97 Å². The van der Waals surface area contributed by atoms with Crippen molar-refractivity contribution in [2.24, 2.45) is 0 Å². The lowest BCUT2D eigenvalue weighted by molar-refractivity contribution is 1.18. The predicted molar refractivity (Wildman–Crippen MR) is 91.0 cm³/mol. The molecule has 22 heavy (non-hydrogen) atoms. The highest BCUT2D eigenvalue weighted by Gasteiger charge is 2.10. The summed E-state index contributed by atoms with van der Waals surface area (Å²) in [5, 5.41) is 3.20. The fraction of sp³-hybridized carbons (Fsp3) is 0. The number of nitrogens with one attached hydrogen (secondary N) is 1. The number of aromatic nitrogens is 2. The molecule has 0 fully saturated rings. The van der Waals surface area contributed by atoms with Crippen molar-refractivity contribution < 1.29 is 0 Å². The zero-order valence-electron chi connectivity index (χ0n) is 12.0. The van der Waals surface area contributed by atoms with E-state index in [9.17, 15) is 0 Å². The van der Waals surface area contributed by atoms with Gasteiger partial charge in [-0.1, -0.05) is 55.1 Å². The highest BCUT2D eigenvalue weighted by Crippen LogP contribution is 2.23. The zero-order valence-corrected chi connectivity index (χ0v) is 12.0. The van der Waals surface area contributed by atoms with Crippen LogP contribution in [0.1, 0.15) is 5.69 Å². The third-order valence-corrected chi connectivity index (χ3v) is 3.23. The molecule has 0 aliphatic rings. The summed E-state index contributed by atoms with van der Waals surface area (Å²) >= 11 is 0. The number of hydrogen-bond acceptors (Lipinski definition) is 4. The lowest BCUT2D eigenvalue weighted by atomic mass is 10.1. The van der Waals surface area contributed by atoms with Crippen molar-refractivity contribution >= 4 is 17.2 Å². The van der Waals surface area contributed by atoms with Crippen molar-refractivity contribution in [3.05, 3.63) is 79.1 Å². The Bertz CT molecular complexity index is 783. The molecule has 0 aliphatic heterocycles. The van der Waals surface area contributed by atoms with Gasteiger partial charge in [-0.3, -0.25) is 0 Å². The first-order chi connectivity index (χ1) is 10.7. The molecule has 0 atom stereocenters. The normalized spacial score (nSPS) is 10.2. The Kier molecular flexibility index (Phi) is 3.83. The molecule has 3 aromatic rings. The monoisotopic (exact) mass is 288 g/mol. The van der Waals surface area contributed by atoms with E-state index in [0.717, 1.165) is 16.9 Å². The summed E-state index contributed by atoms with van der Waals surface area (Å²) < 4.78 is 0. The summed E-state index contributed by atoms with van der Waals surface area (Å²) in [4.78, 5) is 8.82. The summed E-state index contributed by atoms with van der Waals surface area (Å²) in [6.07, 6.45) is 1.67. The van der Waals surface area contributed by atoms with Gasteiger partial charge in [0.25, 0.3) is 0 Å². The molecule has 0 saturated carbocycles. The molecule has 3 N–H and O–H groups in total. The maximum absolute atomic E-state index is 5.95. The van der Waals surface area contributed by atoms with E-state index >= 15 is 0 Å². The minimum absolute atomic E-state index is 0.355. The third-order valence-electron chi connectivity index (χ3n) is 3.23. The summed E-state index contributed by atoms with van der Waals surface area (Å²) in [5.74, 6) is 0.355. The highest BCUT2D eigenvalue weighted by molar-refractivity contribution is 5.79. The van der Waals surface area contributed by atoms with E-state index in [1.807, 2.05) is 60.7 Å². The lowest BCUT2D eigenvalue weighted by Gasteiger charge is -2.12. The molecule has 2 aromatic carbocycles. The fourth-order valence-corrected chi connectivity index (χ4v) is 2.12. The number of para-hydroxylation sites is 1. The summed E-state index contributed by atoms with van der Waals surface area (Å²) in [6, 6.07) is 19.6. The van der Waals surface area contributed by atoms with Gasteiger partial charge in [-0.15, -0.1) is 0 Å². The SMILES string of the molecule is C=C(Nc1ccccc1)c1nc(-c2ccccc2)cnc1N. The van der Waals surface area contributed by atoms with Gasteiger partial charge < -0.3 is 11.1 Å². The minimum Gasteiger partial charge on any atom is -0.382 e. The van der Waals surface area contributed by atoms with E-state index in [0.29, 0.717) is 17.2 Å². The first kappa shape index (κ1) is 13.8. The first-order valence-electron chi connectivity index (χ1n) is 6.93. The van der Waals surface area contributed by atoms with E-state index in [2.05, 4.69) is 21.9 Å². The standard InChI is InChI=1S/C18H16N4/c1-13(21-15-10-6-3-7-11-15)17-18(19)20-12-16(22-17)14-8-4-2-5-9-14/h2-12,21H,1H2,(H2,19,20). The molecular weight excluding hydrogens is 272 g/mol. The van der Waals surface area contributed by atoms with Crippen molar-refractivity contribution in [3.63, 3.8) is 0 Å². The van der Waals surface area contributed by atoms with Crippen LogP contribution in [-0.4, -0.2) is 9.97 Å². The molecule has 108 valence electrons. The quantitative estimate of drug-likeness (QED) is 0.766. The number of nitrogens with two attached hydrogens (primary N) is 1. The number of nitrogens with zero attached hydrogens (tertiary/aromatic N) is 2. The van der Waals surface area contributed by atoms with E-state index in [1.165, 1.54) is 0 Å². The van der Waals surface area contributed by atoms with Crippen LogP contribution < -0.4 is 11.1 Å². The van der Waals surface area contributed by atoms with E-state index in [1.54, 1.807) is 6.20 Å². The van der Waals surface area contributed by atoms with Gasteiger partial charge in [0.2, 0.25) is 0 Å². The number of hydrogen-bond donors (Lipinski definition) is 2. The molecule has 0 spiro atoms. The van der Waals surface area contributed by atoms with Gasteiger partial charge in [0.05, 0.1) is 17.6 Å². The molecule has 0 bridgehead atoms. The Hall–Kier alpha value is -3.14. The Balaban J connectivity index is 1.91. The maximum Gasteiger partial charge on any atom is 0.151 e. The molecule has 1 aromatic heterocycles. The van der Waals surface area contributed by atoms with Gasteiger partial charge in [-0.05, 0) is 12.1 Å². The fourth-order valence-electron chi connectivity index (χ4n) is 2.12. The van der Waals surface area contributed by atoms with Crippen LogP contribution in [0.2, 0.25) is 0 Å². The Labute approximate surface area is 129 Å². The summed E-state index contributed by atoms with van der Waals surface area (Å²) in [7, 11) is 0. The number of anilines is 2. The van der Waals surface area contributed by atoms with Crippen LogP contribution in [0.15, 0.2) is 73.4 Å². The van der Waals surface area contributed by atoms with Gasteiger partial charge >= 0.3 is 0 Å². The van der Waals surface area contributed by atoms with Crippen LogP contribution in [0.5, 0.6) is 0 Å². The third kappa shape index (κ3) is 2.96. The highest BCUT2D eigenvalue weighted by atomic mass is 15.0. The van der Waals surface area contributed by atoms with Crippen LogP contribution in [0.25, 0.3) is 17.0 Å². The van der Waals surface area contributed by atoms with Gasteiger partial charge in [0.1, 0.15) is 5.69 Å². The largest absolute Gasteiger partial charge is 0.382 e. The predicted octanol–water partition coefficient (Wildman–Crippen LogP) is 3.81. The van der Waals surface area contributed by atoms with Crippen molar-refractivity contribution in [2.75, 3.05) is 11.1 Å². The molecular formula is C18H16N4. The summed E-state index contributed by atoms with van der Waals surface area (Å²) in [5.41, 5.74) is 9.81.